The first kappa shape index (κ1) is 11.1. The number of benzene rings is 1. The van der Waals surface area contributed by atoms with E-state index in [1.807, 2.05) is 55.5 Å². The summed E-state index contributed by atoms with van der Waals surface area (Å²) in [6.07, 6.45) is 6.66. The third kappa shape index (κ3) is 1.95. The number of hydrogen-bond donors (Lipinski definition) is 0. The molecule has 0 fully saturated rings. The van der Waals surface area contributed by atoms with Gasteiger partial charge in [-0.1, -0.05) is 36.4 Å². The van der Waals surface area contributed by atoms with E-state index in [2.05, 4.69) is 4.36 Å². The molecule has 1 heterocycles. The smallest absolute Gasteiger partial charge is 0.100 e. The molecule has 0 bridgehead atoms. The van der Waals surface area contributed by atoms with Gasteiger partial charge in [0.15, 0.2) is 0 Å². The highest BCUT2D eigenvalue weighted by molar-refractivity contribution is 7.97. The maximum atomic E-state index is 12.9. The van der Waals surface area contributed by atoms with Gasteiger partial charge in [-0.25, -0.2) is 8.57 Å². The highest BCUT2D eigenvalue weighted by atomic mass is 32.2. The summed E-state index contributed by atoms with van der Waals surface area (Å²) in [4.78, 5) is 1.72. The second kappa shape index (κ2) is 4.66. The summed E-state index contributed by atoms with van der Waals surface area (Å²) >= 11 is 0. The van der Waals surface area contributed by atoms with E-state index < -0.39 is 9.73 Å². The number of nitrogens with zero attached hydrogens (tertiary/aromatic N) is 1. The van der Waals surface area contributed by atoms with Crippen LogP contribution in [0.4, 0.5) is 0 Å². The van der Waals surface area contributed by atoms with Crippen molar-refractivity contribution >= 4 is 9.73 Å². The fourth-order valence-corrected chi connectivity index (χ4v) is 3.81. The Bertz CT molecular complexity index is 534. The normalized spacial score (nSPS) is 27.4. The first-order valence-electron chi connectivity index (χ1n) is 5.35. The maximum absolute atomic E-state index is 12.9. The topological polar surface area (TPSA) is 29.4 Å². The van der Waals surface area contributed by atoms with Gasteiger partial charge in [0, 0.05) is 4.91 Å². The van der Waals surface area contributed by atoms with E-state index >= 15 is 0 Å². The molecule has 0 spiro atoms. The van der Waals surface area contributed by atoms with E-state index in [0.717, 1.165) is 16.2 Å². The van der Waals surface area contributed by atoms with Crippen LogP contribution in [0.3, 0.4) is 0 Å². The van der Waals surface area contributed by atoms with Crippen LogP contribution in [0, 0.1) is 0 Å². The van der Waals surface area contributed by atoms with Crippen molar-refractivity contribution in [3.05, 3.63) is 53.5 Å². The monoisotopic (exact) mass is 233 g/mol. The van der Waals surface area contributed by atoms with Gasteiger partial charge in [0.2, 0.25) is 0 Å². The van der Waals surface area contributed by atoms with Crippen LogP contribution < -0.4 is 0 Å². The highest BCUT2D eigenvalue weighted by Gasteiger charge is 2.17. The second-order valence-electron chi connectivity index (χ2n) is 3.58. The minimum absolute atomic E-state index is 0.533. The third-order valence-electron chi connectivity index (χ3n) is 2.59. The third-order valence-corrected chi connectivity index (χ3v) is 5.12. The van der Waals surface area contributed by atoms with E-state index in [4.69, 9.17) is 0 Å². The number of allylic oxidation sites excluding steroid dienone is 3. The lowest BCUT2D eigenvalue weighted by Crippen LogP contribution is -2.03. The highest BCUT2D eigenvalue weighted by Crippen LogP contribution is 2.26. The van der Waals surface area contributed by atoms with E-state index in [1.165, 1.54) is 0 Å². The Labute approximate surface area is 96.9 Å². The molecule has 0 saturated heterocycles. The predicted octanol–water partition coefficient (Wildman–Crippen LogP) is 3.38. The standard InChI is InChI=1S/C13H15NOS/c1-2-12-8-6-7-11-14-16(12,15)13-9-4-3-5-10-13/h2-7,9-10H,8,11H2,1H3/b12-2+. The van der Waals surface area contributed by atoms with E-state index in [0.29, 0.717) is 6.54 Å². The lowest BCUT2D eigenvalue weighted by molar-refractivity contribution is 0.679. The molecule has 1 atom stereocenters. The largest absolute Gasteiger partial charge is 0.240 e. The Hall–Kier alpha value is -1.35. The van der Waals surface area contributed by atoms with E-state index in [1.54, 1.807) is 0 Å². The average molecular weight is 233 g/mol. The maximum Gasteiger partial charge on any atom is 0.100 e. The fraction of sp³-hybridized carbons (Fsp3) is 0.231. The van der Waals surface area contributed by atoms with Gasteiger partial charge in [-0.05, 0) is 25.5 Å². The SMILES string of the molecule is C/C=C1\CC=CCN=S1(=O)c1ccccc1. The molecule has 1 aromatic carbocycles. The van der Waals surface area contributed by atoms with Gasteiger partial charge in [-0.2, -0.15) is 0 Å². The molecule has 1 aliphatic heterocycles. The molecule has 2 nitrogen and oxygen atoms in total. The van der Waals surface area contributed by atoms with Crippen LogP contribution in [-0.4, -0.2) is 10.8 Å². The van der Waals surface area contributed by atoms with Crippen LogP contribution >= 0.6 is 0 Å². The van der Waals surface area contributed by atoms with Crippen molar-refractivity contribution in [1.82, 2.24) is 0 Å². The second-order valence-corrected chi connectivity index (χ2v) is 5.89. The van der Waals surface area contributed by atoms with Gasteiger partial charge < -0.3 is 0 Å². The molecule has 0 amide bonds. The average Bonchev–Trinajstić information content (AvgIpc) is 2.53. The Balaban J connectivity index is 2.60. The zero-order chi connectivity index (χ0) is 11.4. The van der Waals surface area contributed by atoms with Crippen molar-refractivity contribution in [1.29, 1.82) is 0 Å². The Morgan fingerprint density at radius 2 is 2.00 bits per heavy atom. The van der Waals surface area contributed by atoms with E-state index in [-0.39, 0.29) is 0 Å². The molecule has 3 heteroatoms. The van der Waals surface area contributed by atoms with Crippen LogP contribution in [0.1, 0.15) is 13.3 Å². The van der Waals surface area contributed by atoms with Gasteiger partial charge in [-0.3, -0.25) is 0 Å². The zero-order valence-corrected chi connectivity index (χ0v) is 10.1. The Morgan fingerprint density at radius 1 is 1.25 bits per heavy atom. The summed E-state index contributed by atoms with van der Waals surface area (Å²) in [5.41, 5.74) is 0. The Morgan fingerprint density at radius 3 is 2.69 bits per heavy atom. The summed E-state index contributed by atoms with van der Waals surface area (Å²) in [5.74, 6) is 0. The molecule has 0 aliphatic carbocycles. The minimum Gasteiger partial charge on any atom is -0.240 e. The summed E-state index contributed by atoms with van der Waals surface area (Å²) in [6.45, 7) is 2.46. The van der Waals surface area contributed by atoms with E-state index in [9.17, 15) is 4.21 Å². The molecule has 84 valence electrons. The quantitative estimate of drug-likeness (QED) is 0.684. The minimum atomic E-state index is -2.37. The molecule has 2 rings (SSSR count). The molecule has 1 aromatic rings. The fourth-order valence-electron chi connectivity index (χ4n) is 1.73. The van der Waals surface area contributed by atoms with Crippen LogP contribution in [0.2, 0.25) is 0 Å². The van der Waals surface area contributed by atoms with Crippen molar-refractivity contribution in [3.63, 3.8) is 0 Å². The molecular weight excluding hydrogens is 218 g/mol. The first-order valence-corrected chi connectivity index (χ1v) is 6.87. The van der Waals surface area contributed by atoms with Gasteiger partial charge in [0.25, 0.3) is 0 Å². The molecule has 1 aliphatic rings. The molecule has 0 radical (unpaired) electrons. The summed E-state index contributed by atoms with van der Waals surface area (Å²) in [6, 6.07) is 9.52. The number of rotatable bonds is 1. The summed E-state index contributed by atoms with van der Waals surface area (Å²) < 4.78 is 17.3. The van der Waals surface area contributed by atoms with Crippen molar-refractivity contribution < 1.29 is 4.21 Å². The number of hydrogen-bond acceptors (Lipinski definition) is 2. The summed E-state index contributed by atoms with van der Waals surface area (Å²) in [7, 11) is -2.37. The van der Waals surface area contributed by atoms with Crippen LogP contribution in [0.5, 0.6) is 0 Å². The van der Waals surface area contributed by atoms with Crippen LogP contribution in [0.15, 0.2) is 62.7 Å². The van der Waals surface area contributed by atoms with Gasteiger partial charge in [-0.15, -0.1) is 0 Å². The lowest BCUT2D eigenvalue weighted by Gasteiger charge is -2.11. The predicted molar refractivity (Wildman–Crippen MR) is 67.7 cm³/mol. The van der Waals surface area contributed by atoms with Gasteiger partial charge >= 0.3 is 0 Å². The molecule has 0 N–H and O–H groups in total. The zero-order valence-electron chi connectivity index (χ0n) is 9.30. The molecule has 1 unspecified atom stereocenters. The van der Waals surface area contributed by atoms with Gasteiger partial charge in [0.05, 0.1) is 11.4 Å². The molecule has 0 saturated carbocycles. The van der Waals surface area contributed by atoms with Gasteiger partial charge in [0.1, 0.15) is 9.73 Å². The van der Waals surface area contributed by atoms with Crippen LogP contribution in [0.25, 0.3) is 0 Å². The Kier molecular flexibility index (Phi) is 3.25. The summed E-state index contributed by atoms with van der Waals surface area (Å²) in [5, 5.41) is 0. The lowest BCUT2D eigenvalue weighted by atomic mass is 10.3. The molecule has 16 heavy (non-hydrogen) atoms. The van der Waals surface area contributed by atoms with Crippen LogP contribution in [-0.2, 0) is 9.73 Å². The van der Waals surface area contributed by atoms with Crippen molar-refractivity contribution in [2.24, 2.45) is 4.36 Å². The first-order chi connectivity index (χ1) is 7.77. The van der Waals surface area contributed by atoms with Crippen molar-refractivity contribution in [2.45, 2.75) is 18.2 Å². The van der Waals surface area contributed by atoms with Crippen molar-refractivity contribution in [2.75, 3.05) is 6.54 Å². The van der Waals surface area contributed by atoms with Crippen molar-refractivity contribution in [3.8, 4) is 0 Å². The molecular formula is C13H15NOS. The molecule has 0 aromatic heterocycles.